The second-order valence-electron chi connectivity index (χ2n) is 4.51. The van der Waals surface area contributed by atoms with Gasteiger partial charge in [0.05, 0.1) is 23.6 Å². The average Bonchev–Trinajstić information content (AvgIpc) is 2.81. The van der Waals surface area contributed by atoms with Crippen molar-refractivity contribution in [3.63, 3.8) is 0 Å². The molecule has 0 aliphatic carbocycles. The third-order valence-corrected chi connectivity index (χ3v) is 3.22. The molecular weight excluding hydrogens is 236 g/mol. The van der Waals surface area contributed by atoms with Crippen LogP contribution in [0.4, 0.5) is 5.69 Å². The zero-order chi connectivity index (χ0) is 13.4. The Morgan fingerprint density at radius 3 is 2.50 bits per heavy atom. The summed E-state index contributed by atoms with van der Waals surface area (Å²) in [6.45, 7) is 4.39. The van der Waals surface area contributed by atoms with Gasteiger partial charge in [-0.25, -0.2) is 0 Å². The van der Waals surface area contributed by atoms with E-state index in [4.69, 9.17) is 5.73 Å². The number of hydrogen-bond acceptors (Lipinski definition) is 5. The van der Waals surface area contributed by atoms with Crippen LogP contribution in [0.3, 0.4) is 0 Å². The van der Waals surface area contributed by atoms with Crippen LogP contribution >= 0.6 is 0 Å². The van der Waals surface area contributed by atoms with Crippen molar-refractivity contribution in [3.05, 3.63) is 11.4 Å². The smallest absolute Gasteiger partial charge is 0.274 e. The van der Waals surface area contributed by atoms with Crippen molar-refractivity contribution < 1.29 is 15.0 Å². The van der Waals surface area contributed by atoms with Crippen LogP contribution in [0, 0.1) is 6.92 Å². The molecule has 1 fully saturated rings. The highest BCUT2D eigenvalue weighted by atomic mass is 16.3. The van der Waals surface area contributed by atoms with Crippen LogP contribution in [0.25, 0.3) is 0 Å². The molecule has 1 aromatic rings. The number of nitrogen functional groups attached to an aromatic ring is 1. The molecule has 0 spiro atoms. The first-order chi connectivity index (χ1) is 8.45. The van der Waals surface area contributed by atoms with Crippen LogP contribution in [0.2, 0.25) is 0 Å². The minimum absolute atomic E-state index is 0.118. The maximum atomic E-state index is 12.3. The molecule has 18 heavy (non-hydrogen) atoms. The van der Waals surface area contributed by atoms with E-state index >= 15 is 0 Å². The minimum atomic E-state index is -0.894. The normalized spacial score (nSPS) is 23.7. The second-order valence-corrected chi connectivity index (χ2v) is 4.51. The fourth-order valence-corrected chi connectivity index (χ4v) is 2.13. The molecule has 4 N–H and O–H groups in total. The summed E-state index contributed by atoms with van der Waals surface area (Å²) in [5.74, 6) is -0.300. The monoisotopic (exact) mass is 254 g/mol. The standard InChI is InChI=1S/C11H18N4O3/c1-3-15-10(9(12)6(2)13-15)11(18)14-4-7(16)8(17)5-14/h7-8,16-17H,3-5,12H2,1-2H3/t7-,8+. The summed E-state index contributed by atoms with van der Waals surface area (Å²) >= 11 is 0. The van der Waals surface area contributed by atoms with Crippen LogP contribution in [-0.4, -0.2) is 56.1 Å². The summed E-state index contributed by atoms with van der Waals surface area (Å²) in [5.41, 5.74) is 7.16. The number of aliphatic hydroxyl groups excluding tert-OH is 2. The van der Waals surface area contributed by atoms with E-state index < -0.39 is 12.2 Å². The molecule has 1 aromatic heterocycles. The van der Waals surface area contributed by atoms with E-state index in [-0.39, 0.29) is 19.0 Å². The van der Waals surface area contributed by atoms with Crippen LogP contribution < -0.4 is 5.73 Å². The Balaban J connectivity index is 2.29. The van der Waals surface area contributed by atoms with Crippen LogP contribution in [0.15, 0.2) is 0 Å². The number of nitrogens with zero attached hydrogens (tertiary/aromatic N) is 3. The zero-order valence-corrected chi connectivity index (χ0v) is 10.5. The minimum Gasteiger partial charge on any atom is -0.395 e. The summed E-state index contributed by atoms with van der Waals surface area (Å²) < 4.78 is 1.55. The van der Waals surface area contributed by atoms with Gasteiger partial charge < -0.3 is 20.8 Å². The van der Waals surface area contributed by atoms with Crippen LogP contribution in [0.1, 0.15) is 23.1 Å². The number of aromatic nitrogens is 2. The van der Waals surface area contributed by atoms with Crippen molar-refractivity contribution >= 4 is 11.6 Å². The van der Waals surface area contributed by atoms with E-state index in [1.165, 1.54) is 4.90 Å². The number of nitrogens with two attached hydrogens (primary N) is 1. The zero-order valence-electron chi connectivity index (χ0n) is 10.5. The highest BCUT2D eigenvalue weighted by Crippen LogP contribution is 2.21. The van der Waals surface area contributed by atoms with Gasteiger partial charge in [-0.2, -0.15) is 5.10 Å². The first kappa shape index (κ1) is 12.8. The maximum Gasteiger partial charge on any atom is 0.274 e. The summed E-state index contributed by atoms with van der Waals surface area (Å²) in [6, 6.07) is 0. The molecule has 0 radical (unpaired) electrons. The molecule has 7 nitrogen and oxygen atoms in total. The van der Waals surface area contributed by atoms with Crippen molar-refractivity contribution in [3.8, 4) is 0 Å². The Kier molecular flexibility index (Phi) is 3.27. The molecular formula is C11H18N4O3. The number of carbonyl (C=O) groups excluding carboxylic acids is 1. The Bertz CT molecular complexity index is 461. The maximum absolute atomic E-state index is 12.3. The Labute approximate surface area is 105 Å². The number of β-amino-alcohol motifs (C(OH)–C–C–N with tert-alkyl or cyclic N) is 2. The molecule has 1 aliphatic heterocycles. The summed E-state index contributed by atoms with van der Waals surface area (Å²) in [6.07, 6.45) is -1.79. The van der Waals surface area contributed by atoms with Gasteiger partial charge in [-0.1, -0.05) is 0 Å². The lowest BCUT2D eigenvalue weighted by Crippen LogP contribution is -2.32. The SMILES string of the molecule is CCn1nc(C)c(N)c1C(=O)N1C[C@@H](O)[C@@H](O)C1. The molecule has 0 bridgehead atoms. The molecule has 0 unspecified atom stereocenters. The van der Waals surface area contributed by atoms with E-state index in [9.17, 15) is 15.0 Å². The van der Waals surface area contributed by atoms with E-state index in [2.05, 4.69) is 5.10 Å². The number of hydrogen-bond donors (Lipinski definition) is 3. The van der Waals surface area contributed by atoms with Crippen molar-refractivity contribution in [2.75, 3.05) is 18.8 Å². The summed E-state index contributed by atoms with van der Waals surface area (Å²) in [4.78, 5) is 13.7. The van der Waals surface area contributed by atoms with Crippen molar-refractivity contribution in [2.24, 2.45) is 0 Å². The number of aliphatic hydroxyl groups is 2. The fourth-order valence-electron chi connectivity index (χ4n) is 2.13. The highest BCUT2D eigenvalue weighted by molar-refractivity contribution is 5.98. The van der Waals surface area contributed by atoms with E-state index in [1.807, 2.05) is 6.92 Å². The first-order valence-electron chi connectivity index (χ1n) is 5.94. The topological polar surface area (TPSA) is 105 Å². The average molecular weight is 254 g/mol. The molecule has 1 amide bonds. The molecule has 100 valence electrons. The number of likely N-dealkylation sites (tertiary alicyclic amines) is 1. The van der Waals surface area contributed by atoms with Gasteiger partial charge in [0.15, 0.2) is 0 Å². The van der Waals surface area contributed by atoms with Gasteiger partial charge in [0, 0.05) is 19.6 Å². The predicted octanol–water partition coefficient (Wildman–Crippen LogP) is -1.03. The van der Waals surface area contributed by atoms with Crippen molar-refractivity contribution in [2.45, 2.75) is 32.6 Å². The Hall–Kier alpha value is -1.60. The molecule has 2 atom stereocenters. The predicted molar refractivity (Wildman–Crippen MR) is 65.0 cm³/mol. The van der Waals surface area contributed by atoms with Gasteiger partial charge in [0.2, 0.25) is 0 Å². The van der Waals surface area contributed by atoms with E-state index in [0.717, 1.165) is 0 Å². The Morgan fingerprint density at radius 2 is 2.00 bits per heavy atom. The quantitative estimate of drug-likeness (QED) is 0.626. The summed E-state index contributed by atoms with van der Waals surface area (Å²) in [5, 5.41) is 23.1. The molecule has 7 heteroatoms. The van der Waals surface area contributed by atoms with Crippen LogP contribution in [-0.2, 0) is 6.54 Å². The number of carbonyl (C=O) groups is 1. The van der Waals surface area contributed by atoms with Gasteiger partial charge in [-0.3, -0.25) is 9.48 Å². The molecule has 0 aromatic carbocycles. The lowest BCUT2D eigenvalue weighted by atomic mass is 10.2. The number of rotatable bonds is 2. The molecule has 2 heterocycles. The molecule has 1 saturated heterocycles. The third-order valence-electron chi connectivity index (χ3n) is 3.22. The van der Waals surface area contributed by atoms with Crippen molar-refractivity contribution in [1.82, 2.24) is 14.7 Å². The molecule has 2 rings (SSSR count). The largest absolute Gasteiger partial charge is 0.395 e. The van der Waals surface area contributed by atoms with Gasteiger partial charge in [0.25, 0.3) is 5.91 Å². The van der Waals surface area contributed by atoms with E-state index in [1.54, 1.807) is 11.6 Å². The first-order valence-corrected chi connectivity index (χ1v) is 5.94. The number of anilines is 1. The molecule has 0 saturated carbocycles. The second kappa shape index (κ2) is 4.58. The van der Waals surface area contributed by atoms with Gasteiger partial charge in [-0.15, -0.1) is 0 Å². The van der Waals surface area contributed by atoms with Gasteiger partial charge in [-0.05, 0) is 13.8 Å². The summed E-state index contributed by atoms with van der Waals surface area (Å²) in [7, 11) is 0. The lowest BCUT2D eigenvalue weighted by Gasteiger charge is -2.16. The van der Waals surface area contributed by atoms with Gasteiger partial charge >= 0.3 is 0 Å². The van der Waals surface area contributed by atoms with Crippen LogP contribution in [0.5, 0.6) is 0 Å². The number of amides is 1. The van der Waals surface area contributed by atoms with Gasteiger partial charge in [0.1, 0.15) is 5.69 Å². The van der Waals surface area contributed by atoms with E-state index in [0.29, 0.717) is 23.6 Å². The molecule has 1 aliphatic rings. The third kappa shape index (κ3) is 1.95. The highest BCUT2D eigenvalue weighted by Gasteiger charge is 2.35. The fraction of sp³-hybridized carbons (Fsp3) is 0.636. The Morgan fingerprint density at radius 1 is 1.44 bits per heavy atom. The lowest BCUT2D eigenvalue weighted by molar-refractivity contribution is 0.0572. The number of aryl methyl sites for hydroxylation is 2. The van der Waals surface area contributed by atoms with Crippen molar-refractivity contribution in [1.29, 1.82) is 0 Å².